The van der Waals surface area contributed by atoms with E-state index in [4.69, 9.17) is 0 Å². The highest BCUT2D eigenvalue weighted by molar-refractivity contribution is 7.07. The van der Waals surface area contributed by atoms with Crippen molar-refractivity contribution in [2.45, 2.75) is 39.2 Å². The van der Waals surface area contributed by atoms with Gasteiger partial charge in [-0.25, -0.2) is 0 Å². The lowest BCUT2D eigenvalue weighted by Crippen LogP contribution is -2.23. The van der Waals surface area contributed by atoms with Gasteiger partial charge in [0.05, 0.1) is 0 Å². The Hall–Kier alpha value is -0.340. The van der Waals surface area contributed by atoms with Gasteiger partial charge >= 0.3 is 0 Å². The van der Waals surface area contributed by atoms with Gasteiger partial charge in [0.15, 0.2) is 0 Å². The summed E-state index contributed by atoms with van der Waals surface area (Å²) >= 11 is 1.78. The Morgan fingerprint density at radius 2 is 2.36 bits per heavy atom. The van der Waals surface area contributed by atoms with E-state index in [0.29, 0.717) is 5.41 Å². The minimum Gasteiger partial charge on any atom is -0.312 e. The van der Waals surface area contributed by atoms with Gasteiger partial charge in [-0.3, -0.25) is 0 Å². The molecule has 0 aromatic carbocycles. The third kappa shape index (κ3) is 2.58. The minimum atomic E-state index is 0.685. The third-order valence-corrected chi connectivity index (χ3v) is 3.88. The second kappa shape index (κ2) is 4.45. The Morgan fingerprint density at radius 1 is 1.50 bits per heavy atom. The molecule has 0 saturated heterocycles. The maximum atomic E-state index is 3.58. The molecule has 1 aromatic heterocycles. The van der Waals surface area contributed by atoms with Crippen LogP contribution in [0.15, 0.2) is 16.8 Å². The Labute approximate surface area is 90.5 Å². The van der Waals surface area contributed by atoms with Crippen LogP contribution in [0.4, 0.5) is 0 Å². The molecule has 78 valence electrons. The summed E-state index contributed by atoms with van der Waals surface area (Å²) in [6.45, 7) is 4.56. The fraction of sp³-hybridized carbons (Fsp3) is 0.667. The van der Waals surface area contributed by atoms with E-state index in [1.807, 2.05) is 0 Å². The Balaban J connectivity index is 1.68. The van der Waals surface area contributed by atoms with Crippen molar-refractivity contribution in [3.05, 3.63) is 22.4 Å². The molecule has 2 rings (SSSR count). The van der Waals surface area contributed by atoms with Gasteiger partial charge in [0.25, 0.3) is 0 Å². The molecule has 1 N–H and O–H groups in total. The van der Waals surface area contributed by atoms with Crippen LogP contribution in [0.3, 0.4) is 0 Å². The van der Waals surface area contributed by atoms with E-state index in [9.17, 15) is 0 Å². The van der Waals surface area contributed by atoms with Gasteiger partial charge in [0.2, 0.25) is 0 Å². The quantitative estimate of drug-likeness (QED) is 0.757. The van der Waals surface area contributed by atoms with E-state index in [0.717, 1.165) is 6.54 Å². The summed E-state index contributed by atoms with van der Waals surface area (Å²) < 4.78 is 0. The van der Waals surface area contributed by atoms with Crippen molar-refractivity contribution in [1.82, 2.24) is 5.32 Å². The van der Waals surface area contributed by atoms with Crippen LogP contribution >= 0.6 is 11.3 Å². The van der Waals surface area contributed by atoms with Crippen molar-refractivity contribution in [2.24, 2.45) is 5.41 Å². The zero-order chi connectivity index (χ0) is 9.86. The highest BCUT2D eigenvalue weighted by atomic mass is 32.1. The van der Waals surface area contributed by atoms with Crippen LogP contribution in [0.5, 0.6) is 0 Å². The van der Waals surface area contributed by atoms with Crippen LogP contribution in [0.25, 0.3) is 0 Å². The largest absolute Gasteiger partial charge is 0.312 e. The van der Waals surface area contributed by atoms with Crippen LogP contribution in [0.2, 0.25) is 0 Å². The number of nitrogens with one attached hydrogen (secondary N) is 1. The maximum Gasteiger partial charge on any atom is 0.0213 e. The van der Waals surface area contributed by atoms with Crippen molar-refractivity contribution in [1.29, 1.82) is 0 Å². The Kier molecular flexibility index (Phi) is 3.24. The standard InChI is InChI=1S/C12H19NS/c1-2-4-12(5-6-12)10-13-8-11-3-7-14-9-11/h3,7,9,13H,2,4-6,8,10H2,1H3. The molecular weight excluding hydrogens is 190 g/mol. The van der Waals surface area contributed by atoms with Crippen LogP contribution in [0, 0.1) is 5.41 Å². The van der Waals surface area contributed by atoms with E-state index >= 15 is 0 Å². The first-order valence-electron chi connectivity index (χ1n) is 5.56. The lowest BCUT2D eigenvalue weighted by atomic mass is 10.0. The molecule has 0 bridgehead atoms. The van der Waals surface area contributed by atoms with Crippen LogP contribution in [-0.4, -0.2) is 6.54 Å². The molecule has 1 saturated carbocycles. The summed E-state index contributed by atoms with van der Waals surface area (Å²) in [4.78, 5) is 0. The fourth-order valence-electron chi connectivity index (χ4n) is 2.09. The number of hydrogen-bond acceptors (Lipinski definition) is 2. The number of hydrogen-bond donors (Lipinski definition) is 1. The van der Waals surface area contributed by atoms with Crippen molar-refractivity contribution >= 4 is 11.3 Å². The lowest BCUT2D eigenvalue weighted by molar-refractivity contribution is 0.421. The predicted molar refractivity (Wildman–Crippen MR) is 62.6 cm³/mol. The summed E-state index contributed by atoms with van der Waals surface area (Å²) in [5, 5.41) is 7.96. The molecule has 1 aliphatic carbocycles. The molecule has 0 unspecified atom stereocenters. The summed E-state index contributed by atoms with van der Waals surface area (Å²) in [5.41, 5.74) is 2.12. The topological polar surface area (TPSA) is 12.0 Å². The number of rotatable bonds is 6. The van der Waals surface area contributed by atoms with Gasteiger partial charge in [-0.15, -0.1) is 0 Å². The molecule has 1 fully saturated rings. The van der Waals surface area contributed by atoms with E-state index in [2.05, 4.69) is 29.1 Å². The van der Waals surface area contributed by atoms with Crippen molar-refractivity contribution < 1.29 is 0 Å². The molecule has 0 atom stereocenters. The first kappa shape index (κ1) is 10.2. The summed E-state index contributed by atoms with van der Waals surface area (Å²) in [6.07, 6.45) is 5.62. The van der Waals surface area contributed by atoms with E-state index in [1.54, 1.807) is 11.3 Å². The van der Waals surface area contributed by atoms with Crippen molar-refractivity contribution in [2.75, 3.05) is 6.54 Å². The first-order chi connectivity index (χ1) is 6.85. The van der Waals surface area contributed by atoms with E-state index in [1.165, 1.54) is 37.8 Å². The maximum absolute atomic E-state index is 3.58. The molecule has 1 aromatic rings. The summed E-state index contributed by atoms with van der Waals surface area (Å²) in [6, 6.07) is 2.21. The van der Waals surface area contributed by atoms with Crippen LogP contribution < -0.4 is 5.32 Å². The highest BCUT2D eigenvalue weighted by Crippen LogP contribution is 2.48. The lowest BCUT2D eigenvalue weighted by Gasteiger charge is -2.14. The first-order valence-corrected chi connectivity index (χ1v) is 6.51. The van der Waals surface area contributed by atoms with Crippen molar-refractivity contribution in [3.63, 3.8) is 0 Å². The van der Waals surface area contributed by atoms with Crippen molar-refractivity contribution in [3.8, 4) is 0 Å². The smallest absolute Gasteiger partial charge is 0.0213 e. The number of thiophene rings is 1. The van der Waals surface area contributed by atoms with Gasteiger partial charge in [-0.2, -0.15) is 11.3 Å². The molecule has 0 aliphatic heterocycles. The van der Waals surface area contributed by atoms with Gasteiger partial charge in [0.1, 0.15) is 0 Å². The summed E-state index contributed by atoms with van der Waals surface area (Å²) in [7, 11) is 0. The second-order valence-corrected chi connectivity index (χ2v) is 5.27. The Morgan fingerprint density at radius 3 is 2.93 bits per heavy atom. The van der Waals surface area contributed by atoms with Crippen LogP contribution in [-0.2, 0) is 6.54 Å². The third-order valence-electron chi connectivity index (χ3n) is 3.15. The predicted octanol–water partition coefficient (Wildman–Crippen LogP) is 3.42. The molecule has 0 spiro atoms. The molecule has 14 heavy (non-hydrogen) atoms. The van der Waals surface area contributed by atoms with Gasteiger partial charge in [-0.1, -0.05) is 13.3 Å². The fourth-order valence-corrected chi connectivity index (χ4v) is 2.76. The molecule has 1 heterocycles. The zero-order valence-corrected chi connectivity index (χ0v) is 9.70. The molecule has 1 aliphatic rings. The minimum absolute atomic E-state index is 0.685. The van der Waals surface area contributed by atoms with E-state index in [-0.39, 0.29) is 0 Å². The monoisotopic (exact) mass is 209 g/mol. The zero-order valence-electron chi connectivity index (χ0n) is 8.88. The average molecular weight is 209 g/mol. The van der Waals surface area contributed by atoms with Gasteiger partial charge in [0, 0.05) is 13.1 Å². The second-order valence-electron chi connectivity index (χ2n) is 4.49. The highest BCUT2D eigenvalue weighted by Gasteiger charge is 2.40. The summed E-state index contributed by atoms with van der Waals surface area (Å²) in [5.74, 6) is 0. The van der Waals surface area contributed by atoms with Crippen LogP contribution in [0.1, 0.15) is 38.2 Å². The van der Waals surface area contributed by atoms with Gasteiger partial charge in [-0.05, 0) is 47.1 Å². The SMILES string of the molecule is CCCC1(CNCc2ccsc2)CC1. The van der Waals surface area contributed by atoms with E-state index < -0.39 is 0 Å². The Bertz CT molecular complexity index is 262. The molecule has 2 heteroatoms. The van der Waals surface area contributed by atoms with Gasteiger partial charge < -0.3 is 5.32 Å². The molecule has 0 amide bonds. The molecule has 0 radical (unpaired) electrons. The average Bonchev–Trinajstić information content (AvgIpc) is 2.75. The molecular formula is C12H19NS. The molecule has 1 nitrogen and oxygen atoms in total. The normalized spacial score (nSPS) is 18.4.